The van der Waals surface area contributed by atoms with Gasteiger partial charge in [-0.15, -0.1) is 0 Å². The van der Waals surface area contributed by atoms with E-state index >= 15 is 0 Å². The molecule has 1 atom stereocenters. The summed E-state index contributed by atoms with van der Waals surface area (Å²) in [5, 5.41) is 3.84. The van der Waals surface area contributed by atoms with Crippen LogP contribution in [0, 0.1) is 0 Å². The Morgan fingerprint density at radius 2 is 1.90 bits per heavy atom. The Morgan fingerprint density at radius 3 is 2.35 bits per heavy atom. The fourth-order valence-electron chi connectivity index (χ4n) is 1.64. The van der Waals surface area contributed by atoms with Gasteiger partial charge in [-0.1, -0.05) is 29.3 Å². The number of hydrogen-bond donors (Lipinski definition) is 2. The largest absolute Gasteiger partial charge is 0.444 e. The van der Waals surface area contributed by atoms with Crippen LogP contribution in [0.4, 0.5) is 4.79 Å². The van der Waals surface area contributed by atoms with Gasteiger partial charge < -0.3 is 15.8 Å². The van der Waals surface area contributed by atoms with Crippen molar-refractivity contribution in [1.29, 1.82) is 0 Å². The SMILES string of the molecule is CC(C)(C)OC(=O)NC(CN)Cc1c(Cl)cccc1Cl. The molecule has 6 heteroatoms. The molecule has 1 unspecified atom stereocenters. The Morgan fingerprint density at radius 1 is 1.35 bits per heavy atom. The highest BCUT2D eigenvalue weighted by atomic mass is 35.5. The number of carbonyl (C=O) groups is 1. The van der Waals surface area contributed by atoms with Crippen molar-refractivity contribution in [3.05, 3.63) is 33.8 Å². The number of carbonyl (C=O) groups excluding carboxylic acids is 1. The van der Waals surface area contributed by atoms with Crippen molar-refractivity contribution >= 4 is 29.3 Å². The summed E-state index contributed by atoms with van der Waals surface area (Å²) in [4.78, 5) is 11.7. The topological polar surface area (TPSA) is 64.3 Å². The van der Waals surface area contributed by atoms with E-state index in [1.165, 1.54) is 0 Å². The smallest absolute Gasteiger partial charge is 0.407 e. The van der Waals surface area contributed by atoms with Crippen LogP contribution in [0.15, 0.2) is 18.2 Å². The van der Waals surface area contributed by atoms with E-state index in [0.29, 0.717) is 16.5 Å². The monoisotopic (exact) mass is 318 g/mol. The fraction of sp³-hybridized carbons (Fsp3) is 0.500. The molecule has 3 N–H and O–H groups in total. The van der Waals surface area contributed by atoms with E-state index in [9.17, 15) is 4.79 Å². The van der Waals surface area contributed by atoms with Crippen LogP contribution in [0.2, 0.25) is 10.0 Å². The summed E-state index contributed by atoms with van der Waals surface area (Å²) >= 11 is 12.2. The second-order valence-electron chi connectivity index (χ2n) is 5.48. The molecule has 20 heavy (non-hydrogen) atoms. The highest BCUT2D eigenvalue weighted by Crippen LogP contribution is 2.25. The van der Waals surface area contributed by atoms with Gasteiger partial charge >= 0.3 is 6.09 Å². The molecule has 0 aromatic heterocycles. The van der Waals surface area contributed by atoms with Gasteiger partial charge in [0.05, 0.1) is 0 Å². The molecule has 0 aliphatic carbocycles. The number of alkyl carbamates (subject to hydrolysis) is 1. The van der Waals surface area contributed by atoms with Crippen LogP contribution in [0.5, 0.6) is 0 Å². The molecule has 0 aliphatic heterocycles. The molecule has 0 aliphatic rings. The van der Waals surface area contributed by atoms with Gasteiger partial charge in [0.2, 0.25) is 0 Å². The van der Waals surface area contributed by atoms with E-state index in [1.807, 2.05) is 0 Å². The first-order chi connectivity index (χ1) is 9.23. The minimum absolute atomic E-state index is 0.265. The third-order valence-electron chi connectivity index (χ3n) is 2.52. The summed E-state index contributed by atoms with van der Waals surface area (Å²) < 4.78 is 5.20. The summed E-state index contributed by atoms with van der Waals surface area (Å²) in [6, 6.07) is 4.99. The molecule has 1 aromatic carbocycles. The summed E-state index contributed by atoms with van der Waals surface area (Å²) in [5.74, 6) is 0. The minimum atomic E-state index is -0.550. The summed E-state index contributed by atoms with van der Waals surface area (Å²) in [5.41, 5.74) is 5.89. The summed E-state index contributed by atoms with van der Waals surface area (Å²) in [7, 11) is 0. The third kappa shape index (κ3) is 5.57. The molecule has 1 amide bonds. The Labute approximate surface area is 129 Å². The van der Waals surface area contributed by atoms with Crippen molar-refractivity contribution in [3.8, 4) is 0 Å². The van der Waals surface area contributed by atoms with Gasteiger partial charge in [-0.25, -0.2) is 4.79 Å². The number of amides is 1. The molecule has 0 saturated carbocycles. The molecular weight excluding hydrogens is 299 g/mol. The van der Waals surface area contributed by atoms with Crippen molar-refractivity contribution in [1.82, 2.24) is 5.32 Å². The molecule has 0 saturated heterocycles. The number of halogens is 2. The van der Waals surface area contributed by atoms with Crippen molar-refractivity contribution in [2.75, 3.05) is 6.54 Å². The predicted molar refractivity (Wildman–Crippen MR) is 82.4 cm³/mol. The van der Waals surface area contributed by atoms with Crippen LogP contribution in [0.1, 0.15) is 26.3 Å². The van der Waals surface area contributed by atoms with E-state index in [0.717, 1.165) is 5.56 Å². The Bertz CT molecular complexity index is 452. The van der Waals surface area contributed by atoms with Crippen LogP contribution < -0.4 is 11.1 Å². The van der Waals surface area contributed by atoms with Crippen molar-refractivity contribution in [3.63, 3.8) is 0 Å². The quantitative estimate of drug-likeness (QED) is 0.894. The van der Waals surface area contributed by atoms with Crippen molar-refractivity contribution in [2.45, 2.75) is 38.8 Å². The number of benzene rings is 1. The Balaban J connectivity index is 2.71. The van der Waals surface area contributed by atoms with Gasteiger partial charge in [0.15, 0.2) is 0 Å². The summed E-state index contributed by atoms with van der Waals surface area (Å²) in [6.07, 6.45) is -0.0510. The maximum absolute atomic E-state index is 11.7. The lowest BCUT2D eigenvalue weighted by atomic mass is 10.1. The summed E-state index contributed by atoms with van der Waals surface area (Å²) in [6.45, 7) is 5.67. The highest BCUT2D eigenvalue weighted by Gasteiger charge is 2.20. The molecule has 1 rings (SSSR count). The predicted octanol–water partition coefficient (Wildman–Crippen LogP) is 3.39. The second kappa shape index (κ2) is 7.16. The van der Waals surface area contributed by atoms with Crippen molar-refractivity contribution in [2.24, 2.45) is 5.73 Å². The minimum Gasteiger partial charge on any atom is -0.444 e. The van der Waals surface area contributed by atoms with Gasteiger partial charge in [0.25, 0.3) is 0 Å². The van der Waals surface area contributed by atoms with Crippen LogP contribution in [0.3, 0.4) is 0 Å². The molecule has 0 radical (unpaired) electrons. The van der Waals surface area contributed by atoms with Crippen LogP contribution >= 0.6 is 23.2 Å². The van der Waals surface area contributed by atoms with E-state index in [4.69, 9.17) is 33.7 Å². The lowest BCUT2D eigenvalue weighted by Gasteiger charge is -2.23. The lowest BCUT2D eigenvalue weighted by molar-refractivity contribution is 0.0506. The normalized spacial score (nSPS) is 12.9. The van der Waals surface area contributed by atoms with Gasteiger partial charge in [-0.05, 0) is 44.9 Å². The second-order valence-corrected chi connectivity index (χ2v) is 6.30. The first-order valence-electron chi connectivity index (χ1n) is 6.35. The van der Waals surface area contributed by atoms with E-state index in [-0.39, 0.29) is 12.6 Å². The fourth-order valence-corrected chi connectivity index (χ4v) is 2.19. The lowest BCUT2D eigenvalue weighted by Crippen LogP contribution is -2.44. The van der Waals surface area contributed by atoms with Gasteiger partial charge in [-0.2, -0.15) is 0 Å². The maximum Gasteiger partial charge on any atom is 0.407 e. The molecule has 0 spiro atoms. The Hall–Kier alpha value is -0.970. The van der Waals surface area contributed by atoms with E-state index in [2.05, 4.69) is 5.32 Å². The first-order valence-corrected chi connectivity index (χ1v) is 7.11. The number of hydrogen-bond acceptors (Lipinski definition) is 3. The van der Waals surface area contributed by atoms with E-state index in [1.54, 1.807) is 39.0 Å². The zero-order chi connectivity index (χ0) is 15.3. The average Bonchev–Trinajstić information content (AvgIpc) is 2.30. The van der Waals surface area contributed by atoms with E-state index < -0.39 is 11.7 Å². The standard InChI is InChI=1S/C14H20Cl2N2O2/c1-14(2,3)20-13(19)18-9(8-17)7-10-11(15)5-4-6-12(10)16/h4-6,9H,7-8,17H2,1-3H3,(H,18,19). The number of nitrogens with two attached hydrogens (primary N) is 1. The van der Waals surface area contributed by atoms with Crippen LogP contribution in [-0.4, -0.2) is 24.3 Å². The molecule has 112 valence electrons. The first kappa shape index (κ1) is 17.1. The molecule has 4 nitrogen and oxygen atoms in total. The zero-order valence-electron chi connectivity index (χ0n) is 11.9. The van der Waals surface area contributed by atoms with Gasteiger partial charge in [-0.3, -0.25) is 0 Å². The zero-order valence-corrected chi connectivity index (χ0v) is 13.4. The highest BCUT2D eigenvalue weighted by molar-refractivity contribution is 6.36. The van der Waals surface area contributed by atoms with Crippen LogP contribution in [-0.2, 0) is 11.2 Å². The van der Waals surface area contributed by atoms with Crippen LogP contribution in [0.25, 0.3) is 0 Å². The molecular formula is C14H20Cl2N2O2. The van der Waals surface area contributed by atoms with Crippen molar-refractivity contribution < 1.29 is 9.53 Å². The molecule has 0 bridgehead atoms. The molecule has 0 fully saturated rings. The third-order valence-corrected chi connectivity index (χ3v) is 3.23. The number of rotatable bonds is 4. The Kier molecular flexibility index (Phi) is 6.11. The molecule has 0 heterocycles. The average molecular weight is 319 g/mol. The molecule has 1 aromatic rings. The number of ether oxygens (including phenoxy) is 1. The van der Waals surface area contributed by atoms with Gasteiger partial charge in [0, 0.05) is 22.6 Å². The van der Waals surface area contributed by atoms with Gasteiger partial charge in [0.1, 0.15) is 5.60 Å². The number of nitrogens with one attached hydrogen (secondary N) is 1. The maximum atomic E-state index is 11.7.